The van der Waals surface area contributed by atoms with E-state index in [1.165, 1.54) is 6.20 Å². The highest BCUT2D eigenvalue weighted by Gasteiger charge is 2.31. The molecule has 2 N–H and O–H groups in total. The van der Waals surface area contributed by atoms with Crippen LogP contribution in [0.5, 0.6) is 5.88 Å². The Morgan fingerprint density at radius 3 is 2.88 bits per heavy atom. The number of aromatic nitrogens is 3. The first kappa shape index (κ1) is 16.7. The molecule has 2 atom stereocenters. The lowest BCUT2D eigenvalue weighted by Gasteiger charge is -2.31. The molecule has 4 rings (SSSR count). The second-order valence-corrected chi connectivity index (χ2v) is 6.55. The van der Waals surface area contributed by atoms with E-state index in [9.17, 15) is 9.59 Å². The summed E-state index contributed by atoms with van der Waals surface area (Å²) in [7, 11) is 0. The number of ether oxygens (including phenoxy) is 2. The fraction of sp³-hybridized carbons (Fsp3) is 0.444. The number of hydrogen-bond acceptors (Lipinski definition) is 6. The first-order valence-electron chi connectivity index (χ1n) is 8.76. The number of aromatic amines is 1. The van der Waals surface area contributed by atoms with Crippen LogP contribution >= 0.6 is 0 Å². The van der Waals surface area contributed by atoms with E-state index in [4.69, 9.17) is 9.47 Å². The highest BCUT2D eigenvalue weighted by molar-refractivity contribution is 5.93. The third kappa shape index (κ3) is 3.75. The number of carbonyl (C=O) groups is 1. The zero-order chi connectivity index (χ0) is 17.9. The van der Waals surface area contributed by atoms with Crippen molar-refractivity contribution < 1.29 is 14.3 Å². The molecule has 8 nitrogen and oxygen atoms in total. The molecule has 2 aromatic rings. The van der Waals surface area contributed by atoms with Crippen LogP contribution in [-0.2, 0) is 4.74 Å². The van der Waals surface area contributed by atoms with Crippen LogP contribution in [-0.4, -0.2) is 46.2 Å². The summed E-state index contributed by atoms with van der Waals surface area (Å²) in [5.41, 5.74) is -0.421. The van der Waals surface area contributed by atoms with Gasteiger partial charge in [0.25, 0.3) is 11.5 Å². The molecule has 1 aliphatic heterocycles. The van der Waals surface area contributed by atoms with Crippen LogP contribution in [0.1, 0.15) is 41.4 Å². The topological polar surface area (TPSA) is 106 Å². The van der Waals surface area contributed by atoms with Gasteiger partial charge in [-0.2, -0.15) is 0 Å². The van der Waals surface area contributed by atoms with Crippen LogP contribution < -0.4 is 15.6 Å². The third-order valence-corrected chi connectivity index (χ3v) is 4.55. The van der Waals surface area contributed by atoms with Crippen LogP contribution in [0.4, 0.5) is 0 Å². The van der Waals surface area contributed by atoms with E-state index in [-0.39, 0.29) is 17.7 Å². The second-order valence-electron chi connectivity index (χ2n) is 6.55. The molecule has 2 fully saturated rings. The third-order valence-electron chi connectivity index (χ3n) is 4.55. The number of nitrogens with zero attached hydrogens (tertiary/aromatic N) is 2. The average molecular weight is 356 g/mol. The SMILES string of the molecule is O=C(N[C@@H]1COCC[C@H]1Oc1ccccn1)c1cnc(C2CC2)[nH]c1=O. The Hall–Kier alpha value is -2.74. The summed E-state index contributed by atoms with van der Waals surface area (Å²) in [4.78, 5) is 35.8. The van der Waals surface area contributed by atoms with E-state index in [2.05, 4.69) is 20.3 Å². The fourth-order valence-corrected chi connectivity index (χ4v) is 2.95. The molecule has 8 heteroatoms. The van der Waals surface area contributed by atoms with Gasteiger partial charge in [0.05, 0.1) is 19.3 Å². The summed E-state index contributed by atoms with van der Waals surface area (Å²) in [6.45, 7) is 0.858. The minimum absolute atomic E-state index is 0.00319. The van der Waals surface area contributed by atoms with Crippen molar-refractivity contribution in [2.24, 2.45) is 0 Å². The molecule has 136 valence electrons. The molecule has 0 spiro atoms. The van der Waals surface area contributed by atoms with E-state index in [1.54, 1.807) is 18.3 Å². The molecule has 1 saturated carbocycles. The Balaban J connectivity index is 1.45. The van der Waals surface area contributed by atoms with Gasteiger partial charge < -0.3 is 19.8 Å². The lowest BCUT2D eigenvalue weighted by molar-refractivity contribution is -0.00451. The maximum atomic E-state index is 12.5. The van der Waals surface area contributed by atoms with Gasteiger partial charge in [0, 0.05) is 30.8 Å². The first-order chi connectivity index (χ1) is 12.7. The van der Waals surface area contributed by atoms with Gasteiger partial charge in [-0.15, -0.1) is 0 Å². The number of H-pyrrole nitrogens is 1. The Kier molecular flexibility index (Phi) is 4.66. The molecule has 0 aromatic carbocycles. The van der Waals surface area contributed by atoms with Crippen molar-refractivity contribution in [2.45, 2.75) is 37.3 Å². The predicted octanol–water partition coefficient (Wildman–Crippen LogP) is 1.01. The van der Waals surface area contributed by atoms with Crippen molar-refractivity contribution in [1.29, 1.82) is 0 Å². The second kappa shape index (κ2) is 7.25. The maximum Gasteiger partial charge on any atom is 0.263 e. The maximum absolute atomic E-state index is 12.5. The van der Waals surface area contributed by atoms with Crippen molar-refractivity contribution in [2.75, 3.05) is 13.2 Å². The van der Waals surface area contributed by atoms with E-state index < -0.39 is 11.5 Å². The molecule has 1 saturated heterocycles. The fourth-order valence-electron chi connectivity index (χ4n) is 2.95. The Morgan fingerprint density at radius 2 is 2.15 bits per heavy atom. The van der Waals surface area contributed by atoms with Crippen molar-refractivity contribution in [3.05, 3.63) is 52.3 Å². The lowest BCUT2D eigenvalue weighted by atomic mass is 10.1. The number of pyridine rings is 1. The Labute approximate surface area is 150 Å². The van der Waals surface area contributed by atoms with Gasteiger partial charge in [0.2, 0.25) is 5.88 Å². The Bertz CT molecular complexity index is 835. The van der Waals surface area contributed by atoms with E-state index in [1.807, 2.05) is 6.07 Å². The molecule has 2 aromatic heterocycles. The summed E-state index contributed by atoms with van der Waals surface area (Å²) < 4.78 is 11.3. The standard InChI is InChI=1S/C18H20N4O4/c23-17(12-9-20-16(11-4-5-11)22-18(12)24)21-13-10-25-8-6-14(13)26-15-3-1-2-7-19-15/h1-3,7,9,11,13-14H,4-6,8,10H2,(H,21,23)(H,20,22,24)/t13-,14-/m1/s1. The van der Waals surface area contributed by atoms with Crippen molar-refractivity contribution >= 4 is 5.91 Å². The zero-order valence-electron chi connectivity index (χ0n) is 14.2. The molecular formula is C18H20N4O4. The normalized spacial score (nSPS) is 22.6. The van der Waals surface area contributed by atoms with E-state index >= 15 is 0 Å². The monoisotopic (exact) mass is 356 g/mol. The molecule has 26 heavy (non-hydrogen) atoms. The van der Waals surface area contributed by atoms with Crippen LogP contribution in [0, 0.1) is 0 Å². The number of amides is 1. The molecule has 1 amide bonds. The van der Waals surface area contributed by atoms with Crippen molar-refractivity contribution in [1.82, 2.24) is 20.3 Å². The van der Waals surface area contributed by atoms with Crippen LogP contribution in [0.15, 0.2) is 35.4 Å². The molecule has 1 aliphatic carbocycles. The van der Waals surface area contributed by atoms with Gasteiger partial charge in [-0.05, 0) is 18.9 Å². The molecule has 0 bridgehead atoms. The lowest BCUT2D eigenvalue weighted by Crippen LogP contribution is -2.52. The van der Waals surface area contributed by atoms with Gasteiger partial charge in [-0.3, -0.25) is 9.59 Å². The molecular weight excluding hydrogens is 336 g/mol. The molecule has 3 heterocycles. The van der Waals surface area contributed by atoms with Gasteiger partial charge in [-0.25, -0.2) is 9.97 Å². The van der Waals surface area contributed by atoms with Gasteiger partial charge in [0.15, 0.2) is 0 Å². The average Bonchev–Trinajstić information content (AvgIpc) is 3.49. The van der Waals surface area contributed by atoms with Crippen LogP contribution in [0.3, 0.4) is 0 Å². The highest BCUT2D eigenvalue weighted by Crippen LogP contribution is 2.37. The smallest absolute Gasteiger partial charge is 0.263 e. The summed E-state index contributed by atoms with van der Waals surface area (Å²) in [5.74, 6) is 0.991. The number of hydrogen-bond donors (Lipinski definition) is 2. The van der Waals surface area contributed by atoms with Gasteiger partial charge in [0.1, 0.15) is 17.5 Å². The number of nitrogens with one attached hydrogen (secondary N) is 2. The van der Waals surface area contributed by atoms with E-state index in [0.29, 0.717) is 37.3 Å². The number of carbonyl (C=O) groups excluding carboxylic acids is 1. The highest BCUT2D eigenvalue weighted by atomic mass is 16.5. The first-order valence-corrected chi connectivity index (χ1v) is 8.76. The molecule has 0 unspecified atom stereocenters. The van der Waals surface area contributed by atoms with Crippen molar-refractivity contribution in [3.8, 4) is 5.88 Å². The summed E-state index contributed by atoms with van der Waals surface area (Å²) in [6.07, 6.45) is 5.40. The van der Waals surface area contributed by atoms with Gasteiger partial charge >= 0.3 is 0 Å². The zero-order valence-corrected chi connectivity index (χ0v) is 14.2. The summed E-state index contributed by atoms with van der Waals surface area (Å²) >= 11 is 0. The van der Waals surface area contributed by atoms with Crippen LogP contribution in [0.2, 0.25) is 0 Å². The summed E-state index contributed by atoms with van der Waals surface area (Å²) in [5, 5.41) is 2.83. The number of rotatable bonds is 5. The Morgan fingerprint density at radius 1 is 1.27 bits per heavy atom. The van der Waals surface area contributed by atoms with Crippen molar-refractivity contribution in [3.63, 3.8) is 0 Å². The largest absolute Gasteiger partial charge is 0.472 e. The minimum Gasteiger partial charge on any atom is -0.472 e. The van der Waals surface area contributed by atoms with E-state index in [0.717, 1.165) is 12.8 Å². The van der Waals surface area contributed by atoms with Crippen LogP contribution in [0.25, 0.3) is 0 Å². The quantitative estimate of drug-likeness (QED) is 0.828. The van der Waals surface area contributed by atoms with Gasteiger partial charge in [-0.1, -0.05) is 6.07 Å². The predicted molar refractivity (Wildman–Crippen MR) is 92.2 cm³/mol. The minimum atomic E-state index is -0.480. The summed E-state index contributed by atoms with van der Waals surface area (Å²) in [6, 6.07) is 5.03. The molecule has 2 aliphatic rings. The molecule has 0 radical (unpaired) electrons.